The number of carboxylic acids is 1. The standard InChI is InChI=1S/C22H27NO3/c1-15(2)16-9-11-17(12-10-16)21(18-6-4-7-19(14-18)26-3)23-13-5-8-20(23)22(24)25/h4,6-7,9-12,14-15,20-21H,5,8,13H2,1-3H3,(H,24,25). The Morgan fingerprint density at radius 3 is 2.42 bits per heavy atom. The smallest absolute Gasteiger partial charge is 0.320 e. The fourth-order valence-corrected chi connectivity index (χ4v) is 3.81. The molecule has 0 spiro atoms. The first-order valence-electron chi connectivity index (χ1n) is 9.23. The lowest BCUT2D eigenvalue weighted by Crippen LogP contribution is -2.39. The Morgan fingerprint density at radius 1 is 1.12 bits per heavy atom. The van der Waals surface area contributed by atoms with E-state index in [0.717, 1.165) is 29.8 Å². The van der Waals surface area contributed by atoms with Crippen LogP contribution in [0.3, 0.4) is 0 Å². The van der Waals surface area contributed by atoms with Gasteiger partial charge in [-0.2, -0.15) is 0 Å². The molecule has 0 saturated carbocycles. The largest absolute Gasteiger partial charge is 0.497 e. The van der Waals surface area contributed by atoms with E-state index >= 15 is 0 Å². The Hall–Kier alpha value is -2.33. The highest BCUT2D eigenvalue weighted by Crippen LogP contribution is 2.36. The maximum Gasteiger partial charge on any atom is 0.320 e. The molecule has 3 rings (SSSR count). The summed E-state index contributed by atoms with van der Waals surface area (Å²) in [5, 5.41) is 9.68. The van der Waals surface area contributed by atoms with E-state index in [2.05, 4.69) is 49.1 Å². The Labute approximate surface area is 155 Å². The van der Waals surface area contributed by atoms with Crippen LogP contribution in [0.25, 0.3) is 0 Å². The number of hydrogen-bond donors (Lipinski definition) is 1. The molecule has 1 N–H and O–H groups in total. The molecule has 4 nitrogen and oxygen atoms in total. The highest BCUT2D eigenvalue weighted by molar-refractivity contribution is 5.74. The average Bonchev–Trinajstić information content (AvgIpc) is 3.12. The van der Waals surface area contributed by atoms with Crippen molar-refractivity contribution >= 4 is 5.97 Å². The van der Waals surface area contributed by atoms with Crippen LogP contribution in [0.4, 0.5) is 0 Å². The predicted molar refractivity (Wildman–Crippen MR) is 103 cm³/mol. The highest BCUT2D eigenvalue weighted by Gasteiger charge is 2.36. The quantitative estimate of drug-likeness (QED) is 0.833. The lowest BCUT2D eigenvalue weighted by atomic mass is 9.93. The van der Waals surface area contributed by atoms with E-state index in [1.807, 2.05) is 18.2 Å². The molecule has 138 valence electrons. The van der Waals surface area contributed by atoms with E-state index in [9.17, 15) is 9.90 Å². The number of benzene rings is 2. The van der Waals surface area contributed by atoms with Gasteiger partial charge in [0.2, 0.25) is 0 Å². The van der Waals surface area contributed by atoms with E-state index < -0.39 is 12.0 Å². The van der Waals surface area contributed by atoms with Gasteiger partial charge < -0.3 is 9.84 Å². The summed E-state index contributed by atoms with van der Waals surface area (Å²) in [7, 11) is 1.65. The molecular formula is C22H27NO3. The van der Waals surface area contributed by atoms with Crippen LogP contribution in [0.5, 0.6) is 5.75 Å². The van der Waals surface area contributed by atoms with Gasteiger partial charge in [0.1, 0.15) is 11.8 Å². The Bertz CT molecular complexity index is 754. The zero-order chi connectivity index (χ0) is 18.7. The van der Waals surface area contributed by atoms with Crippen LogP contribution >= 0.6 is 0 Å². The minimum absolute atomic E-state index is 0.0880. The number of methoxy groups -OCH3 is 1. The summed E-state index contributed by atoms with van der Waals surface area (Å²) in [6.07, 6.45) is 1.60. The van der Waals surface area contributed by atoms with Crippen LogP contribution < -0.4 is 4.74 Å². The third kappa shape index (κ3) is 3.75. The van der Waals surface area contributed by atoms with Crippen LogP contribution in [-0.2, 0) is 4.79 Å². The molecule has 2 aromatic rings. The van der Waals surface area contributed by atoms with Gasteiger partial charge in [-0.25, -0.2) is 0 Å². The lowest BCUT2D eigenvalue weighted by Gasteiger charge is -2.32. The summed E-state index contributed by atoms with van der Waals surface area (Å²) < 4.78 is 5.39. The van der Waals surface area contributed by atoms with Crippen molar-refractivity contribution in [1.29, 1.82) is 0 Å². The fourth-order valence-electron chi connectivity index (χ4n) is 3.81. The molecule has 0 aliphatic carbocycles. The van der Waals surface area contributed by atoms with E-state index in [-0.39, 0.29) is 6.04 Å². The molecule has 1 fully saturated rings. The van der Waals surface area contributed by atoms with Crippen molar-refractivity contribution in [2.75, 3.05) is 13.7 Å². The van der Waals surface area contributed by atoms with Crippen LogP contribution in [0.1, 0.15) is 55.3 Å². The van der Waals surface area contributed by atoms with Crippen LogP contribution in [0.15, 0.2) is 48.5 Å². The van der Waals surface area contributed by atoms with Crippen LogP contribution in [-0.4, -0.2) is 35.7 Å². The second-order valence-electron chi connectivity index (χ2n) is 7.23. The molecule has 1 aliphatic heterocycles. The second-order valence-corrected chi connectivity index (χ2v) is 7.23. The minimum Gasteiger partial charge on any atom is -0.497 e. The molecular weight excluding hydrogens is 326 g/mol. The topological polar surface area (TPSA) is 49.8 Å². The van der Waals surface area contributed by atoms with Crippen LogP contribution in [0, 0.1) is 0 Å². The van der Waals surface area contributed by atoms with Gasteiger partial charge in [0.15, 0.2) is 0 Å². The molecule has 2 atom stereocenters. The molecule has 0 amide bonds. The molecule has 1 aliphatic rings. The SMILES string of the molecule is COc1cccc(C(c2ccc(C(C)C)cc2)N2CCCC2C(=O)O)c1. The average molecular weight is 353 g/mol. The third-order valence-electron chi connectivity index (χ3n) is 5.24. The molecule has 0 bridgehead atoms. The summed E-state index contributed by atoms with van der Waals surface area (Å²) >= 11 is 0. The van der Waals surface area contributed by atoms with Gasteiger partial charge in [-0.3, -0.25) is 9.69 Å². The van der Waals surface area contributed by atoms with Gasteiger partial charge in [-0.05, 0) is 47.6 Å². The van der Waals surface area contributed by atoms with Crippen molar-refractivity contribution in [3.63, 3.8) is 0 Å². The van der Waals surface area contributed by atoms with Crippen molar-refractivity contribution in [3.05, 3.63) is 65.2 Å². The molecule has 1 heterocycles. The number of ether oxygens (including phenoxy) is 1. The van der Waals surface area contributed by atoms with Gasteiger partial charge in [-0.1, -0.05) is 50.2 Å². The predicted octanol–water partition coefficient (Wildman–Crippen LogP) is 4.46. The van der Waals surface area contributed by atoms with E-state index in [0.29, 0.717) is 12.3 Å². The van der Waals surface area contributed by atoms with Crippen molar-refractivity contribution in [2.45, 2.75) is 44.7 Å². The molecule has 0 aromatic heterocycles. The minimum atomic E-state index is -0.741. The molecule has 0 radical (unpaired) electrons. The van der Waals surface area contributed by atoms with E-state index in [4.69, 9.17) is 4.74 Å². The number of carboxylic acid groups (broad SMARTS) is 1. The molecule has 26 heavy (non-hydrogen) atoms. The first-order chi connectivity index (χ1) is 12.5. The summed E-state index contributed by atoms with van der Waals surface area (Å²) in [5.41, 5.74) is 3.47. The fraction of sp³-hybridized carbons (Fsp3) is 0.409. The molecule has 4 heteroatoms. The number of rotatable bonds is 6. The summed E-state index contributed by atoms with van der Waals surface area (Å²) in [6.45, 7) is 5.13. The number of hydrogen-bond acceptors (Lipinski definition) is 3. The summed E-state index contributed by atoms with van der Waals surface area (Å²) in [5.74, 6) is 0.518. The first kappa shape index (κ1) is 18.5. The normalized spacial score (nSPS) is 18.8. The number of likely N-dealkylation sites (tertiary alicyclic amines) is 1. The summed E-state index contributed by atoms with van der Waals surface area (Å²) in [4.78, 5) is 13.9. The summed E-state index contributed by atoms with van der Waals surface area (Å²) in [6, 6.07) is 16.0. The second kappa shape index (κ2) is 7.92. The zero-order valence-electron chi connectivity index (χ0n) is 15.7. The van der Waals surface area contributed by atoms with Gasteiger partial charge >= 0.3 is 5.97 Å². The van der Waals surface area contributed by atoms with Gasteiger partial charge in [0.25, 0.3) is 0 Å². The number of carbonyl (C=O) groups is 1. The van der Waals surface area contributed by atoms with Crippen molar-refractivity contribution < 1.29 is 14.6 Å². The van der Waals surface area contributed by atoms with Crippen molar-refractivity contribution in [1.82, 2.24) is 4.90 Å². The van der Waals surface area contributed by atoms with Crippen LogP contribution in [0.2, 0.25) is 0 Å². The zero-order valence-corrected chi connectivity index (χ0v) is 15.7. The van der Waals surface area contributed by atoms with Crippen molar-refractivity contribution in [3.8, 4) is 5.75 Å². The lowest BCUT2D eigenvalue weighted by molar-refractivity contribution is -0.142. The van der Waals surface area contributed by atoms with E-state index in [1.165, 1.54) is 5.56 Å². The molecule has 2 unspecified atom stereocenters. The highest BCUT2D eigenvalue weighted by atomic mass is 16.5. The molecule has 2 aromatic carbocycles. The molecule has 1 saturated heterocycles. The monoisotopic (exact) mass is 353 g/mol. The number of nitrogens with zero attached hydrogens (tertiary/aromatic N) is 1. The maximum absolute atomic E-state index is 11.8. The Balaban J connectivity index is 2.04. The van der Waals surface area contributed by atoms with E-state index in [1.54, 1.807) is 7.11 Å². The number of aliphatic carboxylic acids is 1. The first-order valence-corrected chi connectivity index (χ1v) is 9.23. The Morgan fingerprint density at radius 2 is 1.81 bits per heavy atom. The third-order valence-corrected chi connectivity index (χ3v) is 5.24. The van der Waals surface area contributed by atoms with Gasteiger partial charge in [0.05, 0.1) is 13.2 Å². The maximum atomic E-state index is 11.8. The van der Waals surface area contributed by atoms with Gasteiger partial charge in [-0.15, -0.1) is 0 Å². The van der Waals surface area contributed by atoms with Gasteiger partial charge in [0, 0.05) is 6.54 Å². The van der Waals surface area contributed by atoms with Crippen molar-refractivity contribution in [2.24, 2.45) is 0 Å². The Kier molecular flexibility index (Phi) is 5.62.